The molecule has 2 aromatic rings. The lowest BCUT2D eigenvalue weighted by Gasteiger charge is -2.34. The van der Waals surface area contributed by atoms with Crippen LogP contribution in [0, 0.1) is 5.92 Å². The van der Waals surface area contributed by atoms with Gasteiger partial charge < -0.3 is 30.1 Å². The van der Waals surface area contributed by atoms with Crippen LogP contribution in [0.25, 0.3) is 0 Å². The molecule has 3 heterocycles. The van der Waals surface area contributed by atoms with Crippen LogP contribution in [0.15, 0.2) is 42.6 Å². The van der Waals surface area contributed by atoms with E-state index in [-0.39, 0.29) is 42.5 Å². The number of aliphatic hydroxyl groups excluding tert-OH is 1. The van der Waals surface area contributed by atoms with Gasteiger partial charge in [0.05, 0.1) is 24.6 Å². The third-order valence-electron chi connectivity index (χ3n) is 7.81. The lowest BCUT2D eigenvalue weighted by atomic mass is 10.00. The van der Waals surface area contributed by atoms with Gasteiger partial charge in [0.2, 0.25) is 11.8 Å². The number of amides is 3. The minimum absolute atomic E-state index is 0.101. The van der Waals surface area contributed by atoms with Gasteiger partial charge in [-0.3, -0.25) is 19.2 Å². The van der Waals surface area contributed by atoms with Crippen LogP contribution in [0.3, 0.4) is 0 Å². The van der Waals surface area contributed by atoms with E-state index in [0.717, 1.165) is 18.4 Å². The van der Waals surface area contributed by atoms with Crippen LogP contribution in [0.2, 0.25) is 0 Å². The zero-order valence-electron chi connectivity index (χ0n) is 23.1. The molecule has 0 radical (unpaired) electrons. The van der Waals surface area contributed by atoms with Crippen LogP contribution >= 0.6 is 0 Å². The summed E-state index contributed by atoms with van der Waals surface area (Å²) in [5.41, 5.74) is 2.36. The molecule has 1 aromatic carbocycles. The number of benzene rings is 1. The van der Waals surface area contributed by atoms with Gasteiger partial charge in [-0.05, 0) is 61.8 Å². The molecule has 2 unspecified atom stereocenters. The van der Waals surface area contributed by atoms with Crippen LogP contribution in [-0.2, 0) is 19.1 Å². The molecule has 1 saturated carbocycles. The Morgan fingerprint density at radius 3 is 2.56 bits per heavy atom. The summed E-state index contributed by atoms with van der Waals surface area (Å²) in [5, 5.41) is 14.9. The lowest BCUT2D eigenvalue weighted by molar-refractivity contribution is -0.138. The van der Waals surface area contributed by atoms with Gasteiger partial charge in [0.25, 0.3) is 5.91 Å². The second kappa shape index (κ2) is 12.7. The molecule has 2 saturated heterocycles. The van der Waals surface area contributed by atoms with Gasteiger partial charge in [-0.15, -0.1) is 0 Å². The number of hydrogen-bond acceptors (Lipinski definition) is 8. The number of carbonyl (C=O) groups excluding carboxylic acids is 4. The lowest BCUT2D eigenvalue weighted by Crippen LogP contribution is -2.51. The van der Waals surface area contributed by atoms with Crippen molar-refractivity contribution in [2.24, 2.45) is 5.92 Å². The van der Waals surface area contributed by atoms with E-state index in [4.69, 9.17) is 9.47 Å². The fraction of sp³-hybridized carbons (Fsp3) is 0.500. The Balaban J connectivity index is 1.20. The number of ether oxygens (including phenoxy) is 2. The van der Waals surface area contributed by atoms with Crippen molar-refractivity contribution in [2.75, 3.05) is 26.3 Å². The normalized spacial score (nSPS) is 21.9. The Hall–Kier alpha value is -3.99. The highest BCUT2D eigenvalue weighted by Gasteiger charge is 2.35. The highest BCUT2D eigenvalue weighted by Crippen LogP contribution is 2.40. The molecular formula is C30H36N4O7. The minimum Gasteiger partial charge on any atom is -0.482 e. The van der Waals surface area contributed by atoms with E-state index in [1.807, 2.05) is 12.1 Å². The number of aliphatic hydroxyl groups is 1. The summed E-state index contributed by atoms with van der Waals surface area (Å²) in [6.07, 6.45) is 4.89. The van der Waals surface area contributed by atoms with Crippen molar-refractivity contribution < 1.29 is 33.8 Å². The van der Waals surface area contributed by atoms with Gasteiger partial charge in [0.15, 0.2) is 0 Å². The minimum atomic E-state index is -0.620. The third kappa shape index (κ3) is 7.21. The first-order chi connectivity index (χ1) is 19.8. The monoisotopic (exact) mass is 564 g/mol. The largest absolute Gasteiger partial charge is 0.482 e. The summed E-state index contributed by atoms with van der Waals surface area (Å²) in [6, 6.07) is 10.7. The Labute approximate surface area is 238 Å². The van der Waals surface area contributed by atoms with Gasteiger partial charge >= 0.3 is 5.97 Å². The SMILES string of the molecule is CC(NC(=O)CO)C(Oc1ccc(C(=O)N[C@H]2CCCN(C(=O)[C@H]3COC(=O)C3)C2)nc1)c1ccc(C2CC2)cc1. The van der Waals surface area contributed by atoms with E-state index < -0.39 is 30.6 Å². The van der Waals surface area contributed by atoms with Crippen molar-refractivity contribution in [3.8, 4) is 5.75 Å². The number of pyridine rings is 1. The highest BCUT2D eigenvalue weighted by molar-refractivity contribution is 5.92. The van der Waals surface area contributed by atoms with Crippen LogP contribution in [0.1, 0.15) is 72.7 Å². The number of esters is 1. The molecule has 4 atom stereocenters. The summed E-state index contributed by atoms with van der Waals surface area (Å²) in [6.45, 7) is 2.25. The predicted octanol–water partition coefficient (Wildman–Crippen LogP) is 1.86. The topological polar surface area (TPSA) is 147 Å². The van der Waals surface area contributed by atoms with Crippen molar-refractivity contribution in [2.45, 2.75) is 63.1 Å². The van der Waals surface area contributed by atoms with E-state index in [1.54, 1.807) is 24.0 Å². The molecular weight excluding hydrogens is 528 g/mol. The second-order valence-corrected chi connectivity index (χ2v) is 11.1. The first kappa shape index (κ1) is 28.5. The Morgan fingerprint density at radius 2 is 1.93 bits per heavy atom. The summed E-state index contributed by atoms with van der Waals surface area (Å²) >= 11 is 0. The summed E-state index contributed by atoms with van der Waals surface area (Å²) in [7, 11) is 0. The molecule has 0 spiro atoms. The van der Waals surface area contributed by atoms with Gasteiger partial charge in [0, 0.05) is 19.1 Å². The number of cyclic esters (lactones) is 1. The second-order valence-electron chi connectivity index (χ2n) is 11.1. The molecule has 11 heteroatoms. The van der Waals surface area contributed by atoms with Crippen molar-refractivity contribution in [1.29, 1.82) is 0 Å². The van der Waals surface area contributed by atoms with E-state index >= 15 is 0 Å². The molecule has 218 valence electrons. The molecule has 3 N–H and O–H groups in total. The number of rotatable bonds is 10. The number of hydrogen-bond donors (Lipinski definition) is 3. The summed E-state index contributed by atoms with van der Waals surface area (Å²) < 4.78 is 11.2. The molecule has 1 aliphatic carbocycles. The van der Waals surface area contributed by atoms with Crippen molar-refractivity contribution in [1.82, 2.24) is 20.5 Å². The van der Waals surface area contributed by atoms with Crippen molar-refractivity contribution in [3.05, 3.63) is 59.4 Å². The quantitative estimate of drug-likeness (QED) is 0.371. The van der Waals surface area contributed by atoms with E-state index in [0.29, 0.717) is 24.8 Å². The fourth-order valence-electron chi connectivity index (χ4n) is 5.42. The van der Waals surface area contributed by atoms with Gasteiger partial charge in [-0.25, -0.2) is 4.98 Å². The first-order valence-electron chi connectivity index (χ1n) is 14.2. The molecule has 41 heavy (non-hydrogen) atoms. The maximum atomic E-state index is 12.9. The number of likely N-dealkylation sites (tertiary alicyclic amines) is 1. The van der Waals surface area contributed by atoms with Crippen LogP contribution in [0.4, 0.5) is 0 Å². The maximum Gasteiger partial charge on any atom is 0.306 e. The maximum absolute atomic E-state index is 12.9. The summed E-state index contributed by atoms with van der Waals surface area (Å²) in [5.74, 6) is -0.745. The first-order valence-corrected chi connectivity index (χ1v) is 14.2. The zero-order chi connectivity index (χ0) is 28.9. The molecule has 5 rings (SSSR count). The van der Waals surface area contributed by atoms with E-state index in [9.17, 15) is 24.3 Å². The molecule has 2 aliphatic heterocycles. The smallest absolute Gasteiger partial charge is 0.306 e. The average Bonchev–Trinajstić information content (AvgIpc) is 3.75. The fourth-order valence-corrected chi connectivity index (χ4v) is 5.42. The number of aromatic nitrogens is 1. The van der Waals surface area contributed by atoms with Crippen LogP contribution in [0.5, 0.6) is 5.75 Å². The Kier molecular flexibility index (Phi) is 8.82. The molecule has 3 fully saturated rings. The molecule has 11 nitrogen and oxygen atoms in total. The van der Waals surface area contributed by atoms with Crippen LogP contribution < -0.4 is 15.4 Å². The van der Waals surface area contributed by atoms with Gasteiger partial charge in [-0.1, -0.05) is 24.3 Å². The van der Waals surface area contributed by atoms with Crippen molar-refractivity contribution >= 4 is 23.7 Å². The van der Waals surface area contributed by atoms with Gasteiger partial charge in [0.1, 0.15) is 30.8 Å². The number of carbonyl (C=O) groups is 4. The highest BCUT2D eigenvalue weighted by atomic mass is 16.5. The van der Waals surface area contributed by atoms with Crippen LogP contribution in [-0.4, -0.2) is 77.1 Å². The predicted molar refractivity (Wildman–Crippen MR) is 147 cm³/mol. The number of nitrogens with zero attached hydrogens (tertiary/aromatic N) is 2. The Bertz CT molecular complexity index is 1260. The number of piperidine rings is 1. The van der Waals surface area contributed by atoms with E-state index in [2.05, 4.69) is 27.8 Å². The average molecular weight is 565 g/mol. The third-order valence-corrected chi connectivity index (χ3v) is 7.81. The van der Waals surface area contributed by atoms with Gasteiger partial charge in [-0.2, -0.15) is 0 Å². The van der Waals surface area contributed by atoms with E-state index in [1.165, 1.54) is 24.6 Å². The summed E-state index contributed by atoms with van der Waals surface area (Å²) in [4.78, 5) is 55.0. The molecule has 3 amide bonds. The molecule has 3 aliphatic rings. The zero-order valence-corrected chi connectivity index (χ0v) is 23.1. The molecule has 0 bridgehead atoms. The molecule has 1 aromatic heterocycles. The Morgan fingerprint density at radius 1 is 1.15 bits per heavy atom. The number of nitrogens with one attached hydrogen (secondary N) is 2. The van der Waals surface area contributed by atoms with Crippen molar-refractivity contribution in [3.63, 3.8) is 0 Å². The standard InChI is InChI=1S/C30H36N4O7/c1-18(32-26(36)16-35)28(21-8-6-20(7-9-21)19-4-5-19)41-24-10-11-25(31-14-24)29(38)33-23-3-2-12-34(15-23)30(39)22-13-27(37)40-17-22/h6-11,14,18-19,22-23,28,35H,2-5,12-13,15-17H2,1H3,(H,32,36)(H,33,38)/t18?,22-,23+,28?/m1/s1.